The van der Waals surface area contributed by atoms with Gasteiger partial charge in [-0.05, 0) is 45.6 Å². The van der Waals surface area contributed by atoms with E-state index in [1.165, 1.54) is 13.2 Å². The summed E-state index contributed by atoms with van der Waals surface area (Å²) in [6.07, 6.45) is 4.32. The fraction of sp³-hybridized carbons (Fsp3) is 0.565. The van der Waals surface area contributed by atoms with E-state index in [2.05, 4.69) is 15.4 Å². The van der Waals surface area contributed by atoms with Crippen molar-refractivity contribution in [2.24, 2.45) is 0 Å². The first-order valence-electron chi connectivity index (χ1n) is 10.4. The summed E-state index contributed by atoms with van der Waals surface area (Å²) in [5.41, 5.74) is 0.585. The van der Waals surface area contributed by atoms with Gasteiger partial charge in [-0.2, -0.15) is 0 Å². The predicted molar refractivity (Wildman–Crippen MR) is 117 cm³/mol. The number of hydrogen-bond donors (Lipinski definition) is 3. The van der Waals surface area contributed by atoms with E-state index in [4.69, 9.17) is 4.74 Å². The van der Waals surface area contributed by atoms with Crippen molar-refractivity contribution < 1.29 is 24.2 Å². The van der Waals surface area contributed by atoms with Gasteiger partial charge in [-0.3, -0.25) is 10.1 Å². The lowest BCUT2D eigenvalue weighted by Crippen LogP contribution is -2.52. The van der Waals surface area contributed by atoms with Gasteiger partial charge < -0.3 is 19.9 Å². The van der Waals surface area contributed by atoms with Crippen LogP contribution in [0.4, 0.5) is 0 Å². The molecule has 30 heavy (non-hydrogen) atoms. The monoisotopic (exact) mass is 420 g/mol. The molecule has 0 aliphatic heterocycles. The van der Waals surface area contributed by atoms with Crippen LogP contribution in [0.5, 0.6) is 0 Å². The molecule has 0 heterocycles. The summed E-state index contributed by atoms with van der Waals surface area (Å²) in [5.74, 6) is -0.743. The van der Waals surface area contributed by atoms with Crippen molar-refractivity contribution in [3.63, 3.8) is 0 Å². The lowest BCUT2D eigenvalue weighted by molar-refractivity contribution is -0.187. The van der Waals surface area contributed by atoms with E-state index in [-0.39, 0.29) is 11.9 Å². The van der Waals surface area contributed by atoms with Crippen LogP contribution < -0.4 is 10.6 Å². The van der Waals surface area contributed by atoms with Gasteiger partial charge in [-0.1, -0.05) is 49.8 Å². The third kappa shape index (κ3) is 11.1. The third-order valence-electron chi connectivity index (χ3n) is 4.28. The maximum absolute atomic E-state index is 12.9. The molecule has 0 bridgehead atoms. The van der Waals surface area contributed by atoms with E-state index in [9.17, 15) is 14.7 Å². The minimum atomic E-state index is -1.26. The van der Waals surface area contributed by atoms with Crippen LogP contribution in [0.15, 0.2) is 42.5 Å². The summed E-state index contributed by atoms with van der Waals surface area (Å²) in [6.45, 7) is 7.43. The van der Waals surface area contributed by atoms with E-state index >= 15 is 0 Å². The fourth-order valence-corrected chi connectivity index (χ4v) is 2.85. The molecule has 1 aromatic carbocycles. The number of rotatable bonds is 12. The molecule has 3 unspecified atom stereocenters. The third-order valence-corrected chi connectivity index (χ3v) is 4.28. The number of benzene rings is 1. The van der Waals surface area contributed by atoms with Crippen LogP contribution in [0.25, 0.3) is 0 Å². The number of nitrogens with one attached hydrogen (secondary N) is 2. The van der Waals surface area contributed by atoms with E-state index in [1.54, 1.807) is 6.08 Å². The highest BCUT2D eigenvalue weighted by Gasteiger charge is 2.25. The first-order valence-corrected chi connectivity index (χ1v) is 10.4. The summed E-state index contributed by atoms with van der Waals surface area (Å²) in [4.78, 5) is 24.4. The summed E-state index contributed by atoms with van der Waals surface area (Å²) >= 11 is 0. The van der Waals surface area contributed by atoms with Crippen molar-refractivity contribution in [1.29, 1.82) is 0 Å². The number of amides is 1. The quantitative estimate of drug-likeness (QED) is 0.273. The zero-order valence-electron chi connectivity index (χ0n) is 18.7. The number of esters is 1. The van der Waals surface area contributed by atoms with Crippen LogP contribution in [0, 0.1) is 0 Å². The highest BCUT2D eigenvalue weighted by molar-refractivity contribution is 5.83. The van der Waals surface area contributed by atoms with Crippen LogP contribution in [0.1, 0.15) is 52.5 Å². The van der Waals surface area contributed by atoms with E-state index in [0.29, 0.717) is 12.8 Å². The second kappa shape index (κ2) is 13.2. The van der Waals surface area contributed by atoms with Gasteiger partial charge in [-0.25, -0.2) is 4.79 Å². The lowest BCUT2D eigenvalue weighted by Gasteiger charge is -2.28. The number of ether oxygens (including phenoxy) is 2. The maximum Gasteiger partial charge on any atom is 0.330 e. The van der Waals surface area contributed by atoms with Crippen molar-refractivity contribution in [2.75, 3.05) is 7.11 Å². The lowest BCUT2D eigenvalue weighted by atomic mass is 10.0. The summed E-state index contributed by atoms with van der Waals surface area (Å²) < 4.78 is 10.1. The number of carbonyl (C=O) groups is 2. The smallest absolute Gasteiger partial charge is 0.330 e. The average molecular weight is 421 g/mol. The highest BCUT2D eigenvalue weighted by atomic mass is 16.6. The van der Waals surface area contributed by atoms with E-state index < -0.39 is 24.0 Å². The fourth-order valence-electron chi connectivity index (χ4n) is 2.85. The number of aliphatic hydroxyl groups is 1. The molecule has 3 N–H and O–H groups in total. The Hall–Kier alpha value is -2.22. The second-order valence-electron chi connectivity index (χ2n) is 8.11. The molecule has 168 valence electrons. The average Bonchev–Trinajstić information content (AvgIpc) is 2.68. The molecule has 3 atom stereocenters. The van der Waals surface area contributed by atoms with Crippen LogP contribution in [-0.2, 0) is 25.5 Å². The van der Waals surface area contributed by atoms with Gasteiger partial charge in [-0.15, -0.1) is 0 Å². The molecule has 0 aromatic heterocycles. The maximum atomic E-state index is 12.9. The van der Waals surface area contributed by atoms with Gasteiger partial charge in [0.15, 0.2) is 0 Å². The van der Waals surface area contributed by atoms with Crippen LogP contribution >= 0.6 is 0 Å². The van der Waals surface area contributed by atoms with Gasteiger partial charge >= 0.3 is 5.97 Å². The Kier molecular flexibility index (Phi) is 11.3. The summed E-state index contributed by atoms with van der Waals surface area (Å²) in [5, 5.41) is 15.9. The number of methoxy groups -OCH3 is 1. The zero-order chi connectivity index (χ0) is 22.6. The van der Waals surface area contributed by atoms with Gasteiger partial charge in [0.25, 0.3) is 0 Å². The largest absolute Gasteiger partial charge is 0.466 e. The standard InChI is InChI=1S/C23H36N2O5/c1-6-10-19(25-22(28)30-23(2,3)4)21(27)24-18(15-16-20(26)29-5)14-13-17-11-8-7-9-12-17/h7-9,11-12,15-16,18-19,22,25,28H,6,10,13-14H2,1-5H3,(H,24,27). The molecule has 0 spiro atoms. The molecule has 0 radical (unpaired) electrons. The Labute approximate surface area is 179 Å². The zero-order valence-corrected chi connectivity index (χ0v) is 18.7. The van der Waals surface area contributed by atoms with Gasteiger partial charge in [0.1, 0.15) is 0 Å². The Morgan fingerprint density at radius 1 is 1.17 bits per heavy atom. The first kappa shape index (κ1) is 25.8. The van der Waals surface area contributed by atoms with Gasteiger partial charge in [0.2, 0.25) is 12.3 Å². The van der Waals surface area contributed by atoms with Crippen molar-refractivity contribution in [2.45, 2.75) is 77.5 Å². The molecule has 7 nitrogen and oxygen atoms in total. The summed E-state index contributed by atoms with van der Waals surface area (Å²) in [7, 11) is 1.31. The van der Waals surface area contributed by atoms with Crippen LogP contribution in [0.3, 0.4) is 0 Å². The molecule has 0 saturated carbocycles. The molecular weight excluding hydrogens is 384 g/mol. The highest BCUT2D eigenvalue weighted by Crippen LogP contribution is 2.11. The topological polar surface area (TPSA) is 96.9 Å². The number of aliphatic hydroxyl groups excluding tert-OH is 1. The van der Waals surface area contributed by atoms with E-state index in [0.717, 1.165) is 18.4 Å². The van der Waals surface area contributed by atoms with Gasteiger partial charge in [0.05, 0.1) is 18.8 Å². The number of aryl methyl sites for hydroxylation is 1. The Morgan fingerprint density at radius 3 is 2.40 bits per heavy atom. The molecule has 1 aromatic rings. The molecule has 0 saturated heterocycles. The Balaban J connectivity index is 2.81. The molecule has 1 rings (SSSR count). The van der Waals surface area contributed by atoms with Crippen molar-refractivity contribution in [1.82, 2.24) is 10.6 Å². The van der Waals surface area contributed by atoms with E-state index in [1.807, 2.05) is 58.0 Å². The van der Waals surface area contributed by atoms with Crippen molar-refractivity contribution >= 4 is 11.9 Å². The van der Waals surface area contributed by atoms with Crippen LogP contribution in [-0.4, -0.2) is 48.2 Å². The minimum Gasteiger partial charge on any atom is -0.466 e. The first-order chi connectivity index (χ1) is 14.1. The van der Waals surface area contributed by atoms with Crippen molar-refractivity contribution in [3.05, 3.63) is 48.0 Å². The number of carbonyl (C=O) groups excluding carboxylic acids is 2. The molecule has 7 heteroatoms. The molecule has 1 amide bonds. The second-order valence-corrected chi connectivity index (χ2v) is 8.11. The Bertz CT molecular complexity index is 670. The molecule has 0 aliphatic carbocycles. The normalized spacial score (nSPS) is 14.9. The van der Waals surface area contributed by atoms with Crippen LogP contribution in [0.2, 0.25) is 0 Å². The van der Waals surface area contributed by atoms with Gasteiger partial charge in [0, 0.05) is 12.1 Å². The molecule has 0 fully saturated rings. The molecule has 0 aliphatic rings. The van der Waals surface area contributed by atoms with Crippen molar-refractivity contribution in [3.8, 4) is 0 Å². The SMILES string of the molecule is CCCC(NC(O)OC(C)(C)C)C(=O)NC(C=CC(=O)OC)CCc1ccccc1. The summed E-state index contributed by atoms with van der Waals surface area (Å²) in [6, 6.07) is 8.92. The predicted octanol–water partition coefficient (Wildman–Crippen LogP) is 2.68. The Morgan fingerprint density at radius 2 is 1.83 bits per heavy atom. The minimum absolute atomic E-state index is 0.263. The molecular formula is C23H36N2O5. The number of hydrogen-bond acceptors (Lipinski definition) is 6.